The Balaban J connectivity index is 1.79. The number of benzene rings is 1. The Kier molecular flexibility index (Phi) is 6.68. The number of ether oxygens (including phenoxy) is 2. The van der Waals surface area contributed by atoms with Crippen LogP contribution >= 0.6 is 0 Å². The number of hydrogen-bond acceptors (Lipinski definition) is 6. The number of amides is 1. The molecule has 1 heterocycles. The third-order valence-corrected chi connectivity index (χ3v) is 5.08. The Morgan fingerprint density at radius 1 is 1.23 bits per heavy atom. The molecular weight excluding hydrogens is 367 g/mol. The summed E-state index contributed by atoms with van der Waals surface area (Å²) in [5, 5.41) is 0. The van der Waals surface area contributed by atoms with E-state index in [2.05, 4.69) is 0 Å². The topological polar surface area (TPSA) is 102 Å². The molecule has 0 bridgehead atoms. The zero-order valence-electron chi connectivity index (χ0n) is 14.5. The van der Waals surface area contributed by atoms with Crippen molar-refractivity contribution in [2.75, 3.05) is 26.2 Å². The Morgan fingerprint density at radius 3 is 2.38 bits per heavy atom. The van der Waals surface area contributed by atoms with Crippen LogP contribution in [0.4, 0.5) is 4.39 Å². The van der Waals surface area contributed by atoms with Crippen molar-refractivity contribution >= 4 is 21.9 Å². The van der Waals surface area contributed by atoms with E-state index < -0.39 is 35.0 Å². The lowest BCUT2D eigenvalue weighted by atomic mass is 10.2. The summed E-state index contributed by atoms with van der Waals surface area (Å²) in [5.41, 5.74) is 0. The molecule has 144 valence electrons. The first kappa shape index (κ1) is 20.3. The van der Waals surface area contributed by atoms with Crippen LogP contribution in [-0.2, 0) is 29.1 Å². The van der Waals surface area contributed by atoms with E-state index in [1.54, 1.807) is 0 Å². The van der Waals surface area contributed by atoms with Gasteiger partial charge in [0.15, 0.2) is 6.61 Å². The van der Waals surface area contributed by atoms with Gasteiger partial charge >= 0.3 is 5.97 Å². The Labute approximate surface area is 151 Å². The third kappa shape index (κ3) is 5.75. The van der Waals surface area contributed by atoms with Gasteiger partial charge in [-0.3, -0.25) is 9.59 Å². The van der Waals surface area contributed by atoms with Gasteiger partial charge in [0.2, 0.25) is 10.0 Å². The van der Waals surface area contributed by atoms with Gasteiger partial charge in [0.1, 0.15) is 12.4 Å². The van der Waals surface area contributed by atoms with Gasteiger partial charge in [-0.1, -0.05) is 0 Å². The maximum atomic E-state index is 12.8. The minimum atomic E-state index is -3.98. The summed E-state index contributed by atoms with van der Waals surface area (Å²) >= 11 is 0. The van der Waals surface area contributed by atoms with Crippen molar-refractivity contribution in [3.05, 3.63) is 30.1 Å². The number of halogens is 1. The minimum Gasteiger partial charge on any atom is -0.455 e. The predicted octanol–water partition coefficient (Wildman–Crippen LogP) is 0.283. The molecule has 0 radical (unpaired) electrons. The second-order valence-electron chi connectivity index (χ2n) is 6.00. The van der Waals surface area contributed by atoms with E-state index in [9.17, 15) is 22.4 Å². The average Bonchev–Trinajstić information content (AvgIpc) is 2.57. The molecule has 8 nitrogen and oxygen atoms in total. The highest BCUT2D eigenvalue weighted by Crippen LogP contribution is 2.11. The highest BCUT2D eigenvalue weighted by atomic mass is 32.2. The van der Waals surface area contributed by atoms with Crippen LogP contribution in [0.25, 0.3) is 0 Å². The standard InChI is InChI=1S/C16H21FN2O6S/c1-11-8-19(9-12(2)25-11)15(20)10-24-16(21)7-18-26(22,23)14-5-3-13(17)4-6-14/h3-6,11-12,18H,7-10H2,1-2H3/t11-,12+. The minimum absolute atomic E-state index is 0.110. The lowest BCUT2D eigenvalue weighted by Crippen LogP contribution is -2.49. The molecule has 0 aromatic heterocycles. The molecule has 0 spiro atoms. The number of hydrogen-bond donors (Lipinski definition) is 1. The van der Waals surface area contributed by atoms with Crippen LogP contribution in [0.3, 0.4) is 0 Å². The van der Waals surface area contributed by atoms with Crippen molar-refractivity contribution in [1.82, 2.24) is 9.62 Å². The fourth-order valence-corrected chi connectivity index (χ4v) is 3.49. The number of carbonyl (C=O) groups excluding carboxylic acids is 2. The molecule has 26 heavy (non-hydrogen) atoms. The maximum Gasteiger partial charge on any atom is 0.321 e. The first-order chi connectivity index (χ1) is 12.2. The van der Waals surface area contributed by atoms with E-state index in [1.807, 2.05) is 18.6 Å². The molecule has 1 fully saturated rings. The molecule has 1 saturated heterocycles. The zero-order valence-corrected chi connectivity index (χ0v) is 15.3. The molecule has 1 aliphatic heterocycles. The first-order valence-corrected chi connectivity index (χ1v) is 9.50. The van der Waals surface area contributed by atoms with Crippen LogP contribution in [0.5, 0.6) is 0 Å². The lowest BCUT2D eigenvalue weighted by molar-refractivity contribution is -0.156. The average molecular weight is 388 g/mol. The Hall–Kier alpha value is -2.04. The normalized spacial score (nSPS) is 20.7. The fraction of sp³-hybridized carbons (Fsp3) is 0.500. The molecule has 0 unspecified atom stereocenters. The molecule has 1 aromatic carbocycles. The van der Waals surface area contributed by atoms with E-state index in [-0.39, 0.29) is 23.0 Å². The lowest BCUT2D eigenvalue weighted by Gasteiger charge is -2.35. The van der Waals surface area contributed by atoms with Crippen molar-refractivity contribution in [2.45, 2.75) is 31.0 Å². The van der Waals surface area contributed by atoms with Gasteiger partial charge in [0, 0.05) is 13.1 Å². The Morgan fingerprint density at radius 2 is 1.81 bits per heavy atom. The first-order valence-electron chi connectivity index (χ1n) is 8.01. The molecule has 0 saturated carbocycles. The van der Waals surface area contributed by atoms with E-state index in [4.69, 9.17) is 9.47 Å². The number of rotatable bonds is 6. The van der Waals surface area contributed by atoms with Gasteiger partial charge in [-0.2, -0.15) is 4.72 Å². The molecule has 1 aromatic rings. The molecule has 2 rings (SSSR count). The van der Waals surface area contributed by atoms with Gasteiger partial charge in [0.25, 0.3) is 5.91 Å². The van der Waals surface area contributed by atoms with Gasteiger partial charge in [-0.05, 0) is 38.1 Å². The number of morpholine rings is 1. The summed E-state index contributed by atoms with van der Waals surface area (Å²) in [6, 6.07) is 4.15. The molecule has 1 N–H and O–H groups in total. The summed E-state index contributed by atoms with van der Waals surface area (Å²) in [6.07, 6.45) is -0.221. The Bertz CT molecular complexity index is 743. The number of carbonyl (C=O) groups is 2. The van der Waals surface area contributed by atoms with Crippen molar-refractivity contribution in [2.24, 2.45) is 0 Å². The molecule has 1 amide bonds. The van der Waals surface area contributed by atoms with Crippen molar-refractivity contribution in [3.8, 4) is 0 Å². The van der Waals surface area contributed by atoms with Crippen LogP contribution in [0.1, 0.15) is 13.8 Å². The van der Waals surface area contributed by atoms with Gasteiger partial charge in [-0.25, -0.2) is 12.8 Å². The van der Waals surface area contributed by atoms with Gasteiger partial charge in [0.05, 0.1) is 17.1 Å². The van der Waals surface area contributed by atoms with Crippen molar-refractivity contribution in [1.29, 1.82) is 0 Å². The molecule has 10 heteroatoms. The fourth-order valence-electron chi connectivity index (χ4n) is 2.52. The van der Waals surface area contributed by atoms with Crippen LogP contribution in [0, 0.1) is 5.82 Å². The van der Waals surface area contributed by atoms with Crippen LogP contribution in [-0.4, -0.2) is 63.6 Å². The summed E-state index contributed by atoms with van der Waals surface area (Å²) in [4.78, 5) is 25.1. The predicted molar refractivity (Wildman–Crippen MR) is 89.1 cm³/mol. The largest absolute Gasteiger partial charge is 0.455 e. The van der Waals surface area contributed by atoms with Crippen molar-refractivity contribution < 1.29 is 31.9 Å². The summed E-state index contributed by atoms with van der Waals surface area (Å²) < 4.78 is 49.2. The van der Waals surface area contributed by atoms with Crippen molar-refractivity contribution in [3.63, 3.8) is 0 Å². The highest BCUT2D eigenvalue weighted by Gasteiger charge is 2.26. The number of nitrogens with one attached hydrogen (secondary N) is 1. The van der Waals surface area contributed by atoms with E-state index >= 15 is 0 Å². The van der Waals surface area contributed by atoms with Gasteiger partial charge < -0.3 is 14.4 Å². The molecule has 0 aliphatic carbocycles. The molecule has 2 atom stereocenters. The summed E-state index contributed by atoms with van der Waals surface area (Å²) in [7, 11) is -3.98. The second-order valence-corrected chi connectivity index (χ2v) is 7.76. The molecular formula is C16H21FN2O6S. The van der Waals surface area contributed by atoms with E-state index in [0.717, 1.165) is 24.3 Å². The quantitative estimate of drug-likeness (QED) is 0.703. The van der Waals surface area contributed by atoms with Crippen LogP contribution in [0.15, 0.2) is 29.2 Å². The maximum absolute atomic E-state index is 12.8. The number of sulfonamides is 1. The highest BCUT2D eigenvalue weighted by molar-refractivity contribution is 7.89. The third-order valence-electron chi connectivity index (χ3n) is 3.66. The smallest absolute Gasteiger partial charge is 0.321 e. The monoisotopic (exact) mass is 388 g/mol. The van der Waals surface area contributed by atoms with E-state index in [0.29, 0.717) is 13.1 Å². The summed E-state index contributed by atoms with van der Waals surface area (Å²) in [6.45, 7) is 3.37. The van der Waals surface area contributed by atoms with Crippen LogP contribution in [0.2, 0.25) is 0 Å². The molecule has 1 aliphatic rings. The second kappa shape index (κ2) is 8.56. The van der Waals surface area contributed by atoms with Crippen LogP contribution < -0.4 is 4.72 Å². The van der Waals surface area contributed by atoms with Gasteiger partial charge in [-0.15, -0.1) is 0 Å². The van der Waals surface area contributed by atoms with E-state index in [1.165, 1.54) is 4.90 Å². The zero-order chi connectivity index (χ0) is 19.3. The summed E-state index contributed by atoms with van der Waals surface area (Å²) in [5.74, 6) is -1.84. The SMILES string of the molecule is C[C@@H]1CN(C(=O)COC(=O)CNS(=O)(=O)c2ccc(F)cc2)C[C@H](C)O1. The number of nitrogens with zero attached hydrogens (tertiary/aromatic N) is 1. The number of esters is 1.